The number of rotatable bonds is 6. The van der Waals surface area contributed by atoms with Crippen LogP contribution < -0.4 is 0 Å². The van der Waals surface area contributed by atoms with E-state index in [0.29, 0.717) is 6.54 Å². The summed E-state index contributed by atoms with van der Waals surface area (Å²) in [7, 11) is 1.41. The summed E-state index contributed by atoms with van der Waals surface area (Å²) >= 11 is 1.63. The molecule has 0 atom stereocenters. The van der Waals surface area contributed by atoms with Crippen LogP contribution in [0.2, 0.25) is 0 Å². The molecule has 2 rings (SSSR count). The van der Waals surface area contributed by atoms with Crippen molar-refractivity contribution in [2.24, 2.45) is 0 Å². The summed E-state index contributed by atoms with van der Waals surface area (Å²) in [5.74, 6) is -0.220. The fourth-order valence-corrected chi connectivity index (χ4v) is 2.77. The Kier molecular flexibility index (Phi) is 5.47. The van der Waals surface area contributed by atoms with Crippen molar-refractivity contribution in [3.8, 4) is 10.6 Å². The standard InChI is InChI=1S/C16H20N2O2S/c1-12(2)18(10-15(19)20-3)9-14-11-21-16(17-14)13-7-5-4-6-8-13/h4-8,11-12H,9-10H2,1-3H3. The molecule has 0 amide bonds. The summed E-state index contributed by atoms with van der Waals surface area (Å²) in [6, 6.07) is 10.4. The first-order chi connectivity index (χ1) is 10.1. The van der Waals surface area contributed by atoms with E-state index in [4.69, 9.17) is 4.74 Å². The van der Waals surface area contributed by atoms with Crippen LogP contribution in [-0.4, -0.2) is 35.5 Å². The maximum absolute atomic E-state index is 11.5. The molecule has 1 aromatic heterocycles. The smallest absolute Gasteiger partial charge is 0.319 e. The van der Waals surface area contributed by atoms with Gasteiger partial charge in [0, 0.05) is 23.5 Å². The molecule has 4 nitrogen and oxygen atoms in total. The Balaban J connectivity index is 2.08. The molecule has 0 aliphatic carbocycles. The number of benzene rings is 1. The lowest BCUT2D eigenvalue weighted by Gasteiger charge is -2.24. The zero-order valence-corrected chi connectivity index (χ0v) is 13.4. The topological polar surface area (TPSA) is 42.4 Å². The van der Waals surface area contributed by atoms with Crippen molar-refractivity contribution in [2.45, 2.75) is 26.4 Å². The highest BCUT2D eigenvalue weighted by molar-refractivity contribution is 7.13. The van der Waals surface area contributed by atoms with E-state index in [9.17, 15) is 4.79 Å². The molecule has 0 unspecified atom stereocenters. The number of methoxy groups -OCH3 is 1. The fraction of sp³-hybridized carbons (Fsp3) is 0.375. The number of nitrogens with zero attached hydrogens (tertiary/aromatic N) is 2. The average Bonchev–Trinajstić information content (AvgIpc) is 2.95. The first-order valence-corrected chi connectivity index (χ1v) is 7.79. The van der Waals surface area contributed by atoms with Crippen molar-refractivity contribution in [3.05, 3.63) is 41.4 Å². The lowest BCUT2D eigenvalue weighted by molar-refractivity contribution is -0.142. The van der Waals surface area contributed by atoms with Gasteiger partial charge in [-0.3, -0.25) is 9.69 Å². The SMILES string of the molecule is COC(=O)CN(Cc1csc(-c2ccccc2)n1)C(C)C. The Morgan fingerprint density at radius 1 is 1.33 bits per heavy atom. The Labute approximate surface area is 129 Å². The molecule has 0 radical (unpaired) electrons. The summed E-state index contributed by atoms with van der Waals surface area (Å²) in [6.07, 6.45) is 0. The van der Waals surface area contributed by atoms with Crippen molar-refractivity contribution >= 4 is 17.3 Å². The van der Waals surface area contributed by atoms with Crippen molar-refractivity contribution < 1.29 is 9.53 Å². The largest absolute Gasteiger partial charge is 0.468 e. The minimum absolute atomic E-state index is 0.220. The number of hydrogen-bond donors (Lipinski definition) is 0. The minimum atomic E-state index is -0.220. The molecule has 0 spiro atoms. The summed E-state index contributed by atoms with van der Waals surface area (Å²) in [5, 5.41) is 3.06. The van der Waals surface area contributed by atoms with E-state index in [1.54, 1.807) is 11.3 Å². The number of ether oxygens (including phenoxy) is 1. The van der Waals surface area contributed by atoms with Gasteiger partial charge in [-0.2, -0.15) is 0 Å². The van der Waals surface area contributed by atoms with E-state index in [2.05, 4.69) is 41.2 Å². The number of hydrogen-bond acceptors (Lipinski definition) is 5. The molecular weight excluding hydrogens is 284 g/mol. The van der Waals surface area contributed by atoms with E-state index in [1.165, 1.54) is 7.11 Å². The number of carbonyl (C=O) groups is 1. The van der Waals surface area contributed by atoms with Gasteiger partial charge in [0.1, 0.15) is 5.01 Å². The molecule has 0 N–H and O–H groups in total. The van der Waals surface area contributed by atoms with Gasteiger partial charge >= 0.3 is 5.97 Å². The molecule has 0 aliphatic heterocycles. The Morgan fingerprint density at radius 3 is 2.67 bits per heavy atom. The molecule has 0 aliphatic rings. The van der Waals surface area contributed by atoms with Crippen LogP contribution in [0.1, 0.15) is 19.5 Å². The summed E-state index contributed by atoms with van der Waals surface area (Å²) < 4.78 is 4.74. The van der Waals surface area contributed by atoms with Gasteiger partial charge in [-0.1, -0.05) is 30.3 Å². The number of aromatic nitrogens is 1. The van der Waals surface area contributed by atoms with Crippen molar-refractivity contribution in [3.63, 3.8) is 0 Å². The van der Waals surface area contributed by atoms with Gasteiger partial charge in [0.05, 0.1) is 19.3 Å². The molecule has 0 fully saturated rings. The van der Waals surface area contributed by atoms with Gasteiger partial charge in [0.25, 0.3) is 0 Å². The number of esters is 1. The third-order valence-corrected chi connectivity index (χ3v) is 4.17. The summed E-state index contributed by atoms with van der Waals surface area (Å²) in [5.41, 5.74) is 2.11. The van der Waals surface area contributed by atoms with Crippen molar-refractivity contribution in [2.75, 3.05) is 13.7 Å². The molecule has 112 valence electrons. The number of thiazole rings is 1. The summed E-state index contributed by atoms with van der Waals surface area (Å²) in [6.45, 7) is 5.06. The van der Waals surface area contributed by atoms with Crippen LogP contribution in [0.3, 0.4) is 0 Å². The van der Waals surface area contributed by atoms with E-state index in [-0.39, 0.29) is 18.6 Å². The third kappa shape index (κ3) is 4.37. The third-order valence-electron chi connectivity index (χ3n) is 3.23. The van der Waals surface area contributed by atoms with Gasteiger partial charge in [-0.15, -0.1) is 11.3 Å². The molecule has 0 bridgehead atoms. The highest BCUT2D eigenvalue weighted by Gasteiger charge is 2.16. The van der Waals surface area contributed by atoms with Crippen LogP contribution in [0.4, 0.5) is 0 Å². The van der Waals surface area contributed by atoms with E-state index < -0.39 is 0 Å². The molecular formula is C16H20N2O2S. The van der Waals surface area contributed by atoms with E-state index in [1.807, 2.05) is 18.2 Å². The molecule has 2 aromatic rings. The van der Waals surface area contributed by atoms with Crippen LogP contribution in [0, 0.1) is 0 Å². The van der Waals surface area contributed by atoms with Gasteiger partial charge in [0.15, 0.2) is 0 Å². The molecule has 0 saturated heterocycles. The molecule has 5 heteroatoms. The normalized spacial score (nSPS) is 11.1. The van der Waals surface area contributed by atoms with Crippen molar-refractivity contribution in [1.29, 1.82) is 0 Å². The van der Waals surface area contributed by atoms with Gasteiger partial charge in [0.2, 0.25) is 0 Å². The van der Waals surface area contributed by atoms with Crippen molar-refractivity contribution in [1.82, 2.24) is 9.88 Å². The van der Waals surface area contributed by atoms with Crippen LogP contribution in [-0.2, 0) is 16.1 Å². The van der Waals surface area contributed by atoms with Crippen LogP contribution >= 0.6 is 11.3 Å². The molecule has 0 saturated carbocycles. The van der Waals surface area contributed by atoms with Gasteiger partial charge < -0.3 is 4.74 Å². The second kappa shape index (κ2) is 7.33. The van der Waals surface area contributed by atoms with E-state index >= 15 is 0 Å². The van der Waals surface area contributed by atoms with Crippen LogP contribution in [0.5, 0.6) is 0 Å². The second-order valence-corrected chi connectivity index (χ2v) is 5.94. The lowest BCUT2D eigenvalue weighted by atomic mass is 10.2. The zero-order valence-electron chi connectivity index (χ0n) is 12.6. The minimum Gasteiger partial charge on any atom is -0.468 e. The van der Waals surface area contributed by atoms with Crippen LogP contribution in [0.25, 0.3) is 10.6 Å². The highest BCUT2D eigenvalue weighted by Crippen LogP contribution is 2.24. The highest BCUT2D eigenvalue weighted by atomic mass is 32.1. The second-order valence-electron chi connectivity index (χ2n) is 5.08. The Hall–Kier alpha value is -1.72. The summed E-state index contributed by atoms with van der Waals surface area (Å²) in [4.78, 5) is 18.2. The van der Waals surface area contributed by atoms with Gasteiger partial charge in [-0.05, 0) is 13.8 Å². The van der Waals surface area contributed by atoms with Gasteiger partial charge in [-0.25, -0.2) is 4.98 Å². The predicted octanol–water partition coefficient (Wildman–Crippen LogP) is 3.19. The van der Waals surface area contributed by atoms with E-state index in [0.717, 1.165) is 16.3 Å². The first-order valence-electron chi connectivity index (χ1n) is 6.91. The monoisotopic (exact) mass is 304 g/mol. The molecule has 1 aromatic carbocycles. The average molecular weight is 304 g/mol. The molecule has 1 heterocycles. The predicted molar refractivity (Wildman–Crippen MR) is 85.1 cm³/mol. The van der Waals surface area contributed by atoms with Crippen LogP contribution in [0.15, 0.2) is 35.7 Å². The Morgan fingerprint density at radius 2 is 2.05 bits per heavy atom. The first kappa shape index (κ1) is 15.7. The fourth-order valence-electron chi connectivity index (χ4n) is 1.95. The number of carbonyl (C=O) groups excluding carboxylic acids is 1. The maximum Gasteiger partial charge on any atom is 0.319 e. The molecule has 21 heavy (non-hydrogen) atoms. The zero-order chi connectivity index (χ0) is 15.2. The quantitative estimate of drug-likeness (QED) is 0.769. The Bertz CT molecular complexity index is 581. The lowest BCUT2D eigenvalue weighted by Crippen LogP contribution is -2.35. The maximum atomic E-state index is 11.5.